The highest BCUT2D eigenvalue weighted by Crippen LogP contribution is 2.37. The molecule has 1 aliphatic heterocycles. The number of hydrogen-bond donors (Lipinski definition) is 0. The third-order valence-electron chi connectivity index (χ3n) is 4.40. The highest BCUT2D eigenvalue weighted by Gasteiger charge is 2.28. The topological polar surface area (TPSA) is 38.8 Å². The molecule has 1 unspecified atom stereocenters. The number of methoxy groups -OCH3 is 2. The lowest BCUT2D eigenvalue weighted by atomic mass is 9.92. The van der Waals surface area contributed by atoms with Crippen LogP contribution >= 0.6 is 11.3 Å². The molecule has 1 aromatic carbocycles. The molecule has 0 fully saturated rings. The van der Waals surface area contributed by atoms with Crippen molar-refractivity contribution in [3.8, 4) is 11.5 Å². The number of ether oxygens (including phenoxy) is 2. The lowest BCUT2D eigenvalue weighted by Gasteiger charge is -2.35. The van der Waals surface area contributed by atoms with Crippen molar-refractivity contribution in [3.63, 3.8) is 0 Å². The van der Waals surface area contributed by atoms with Crippen molar-refractivity contribution >= 4 is 23.3 Å². The maximum Gasteiger partial charge on any atom is 0.247 e. The molecule has 0 bridgehead atoms. The van der Waals surface area contributed by atoms with Gasteiger partial charge < -0.3 is 14.4 Å². The van der Waals surface area contributed by atoms with Crippen LogP contribution in [0.25, 0.3) is 6.08 Å². The van der Waals surface area contributed by atoms with Crippen LogP contribution in [0.15, 0.2) is 35.7 Å². The van der Waals surface area contributed by atoms with Gasteiger partial charge in [0.2, 0.25) is 5.91 Å². The van der Waals surface area contributed by atoms with Crippen LogP contribution in [-0.4, -0.2) is 31.6 Å². The minimum atomic E-state index is 0.00837. The highest BCUT2D eigenvalue weighted by atomic mass is 32.1. The van der Waals surface area contributed by atoms with Gasteiger partial charge in [-0.1, -0.05) is 6.07 Å². The van der Waals surface area contributed by atoms with Crippen molar-refractivity contribution in [2.75, 3.05) is 20.8 Å². The molecule has 5 heteroatoms. The molecule has 0 saturated carbocycles. The second-order valence-electron chi connectivity index (χ2n) is 5.71. The van der Waals surface area contributed by atoms with Crippen molar-refractivity contribution in [1.29, 1.82) is 0 Å². The maximum atomic E-state index is 12.6. The summed E-state index contributed by atoms with van der Waals surface area (Å²) in [4.78, 5) is 15.6. The third kappa shape index (κ3) is 3.17. The molecular formula is C19H21NO3S. The van der Waals surface area contributed by atoms with E-state index in [9.17, 15) is 4.79 Å². The fourth-order valence-electron chi connectivity index (χ4n) is 3.08. The normalized spacial score (nSPS) is 17.0. The zero-order chi connectivity index (χ0) is 17.1. The number of thiophene rings is 1. The van der Waals surface area contributed by atoms with Crippen molar-refractivity contribution in [3.05, 3.63) is 51.7 Å². The lowest BCUT2D eigenvalue weighted by molar-refractivity contribution is -0.128. The fourth-order valence-corrected chi connectivity index (χ4v) is 3.70. The van der Waals surface area contributed by atoms with E-state index < -0.39 is 0 Å². The molecule has 0 aliphatic carbocycles. The molecule has 1 atom stereocenters. The average Bonchev–Trinajstić information content (AvgIpc) is 3.12. The Morgan fingerprint density at radius 3 is 2.71 bits per heavy atom. The van der Waals surface area contributed by atoms with Gasteiger partial charge in [0.25, 0.3) is 0 Å². The minimum absolute atomic E-state index is 0.00837. The Morgan fingerprint density at radius 1 is 1.29 bits per heavy atom. The van der Waals surface area contributed by atoms with E-state index in [1.54, 1.807) is 31.6 Å². The van der Waals surface area contributed by atoms with Gasteiger partial charge in [-0.3, -0.25) is 4.79 Å². The van der Waals surface area contributed by atoms with E-state index in [1.807, 2.05) is 40.6 Å². The fraction of sp³-hybridized carbons (Fsp3) is 0.316. The first-order valence-corrected chi connectivity index (χ1v) is 8.79. The van der Waals surface area contributed by atoms with E-state index in [0.717, 1.165) is 22.6 Å². The van der Waals surface area contributed by atoms with E-state index in [4.69, 9.17) is 9.47 Å². The number of fused-ring (bicyclic) bond motifs is 1. The Labute approximate surface area is 146 Å². The SMILES string of the molecule is COc1cc2c(cc1OC)C(C)N(C(=O)C=Cc1cccs1)CC2. The molecular weight excluding hydrogens is 322 g/mol. The van der Waals surface area contributed by atoms with E-state index in [2.05, 4.69) is 6.92 Å². The average molecular weight is 343 g/mol. The zero-order valence-corrected chi connectivity index (χ0v) is 14.9. The summed E-state index contributed by atoms with van der Waals surface area (Å²) < 4.78 is 10.8. The number of carbonyl (C=O) groups is 1. The van der Waals surface area contributed by atoms with Crippen molar-refractivity contribution in [2.45, 2.75) is 19.4 Å². The largest absolute Gasteiger partial charge is 0.493 e. The molecule has 1 aliphatic rings. The van der Waals surface area contributed by atoms with Gasteiger partial charge in [0.15, 0.2) is 11.5 Å². The van der Waals surface area contributed by atoms with Crippen LogP contribution in [0, 0.1) is 0 Å². The van der Waals surface area contributed by atoms with E-state index in [-0.39, 0.29) is 11.9 Å². The third-order valence-corrected chi connectivity index (χ3v) is 5.24. The zero-order valence-electron chi connectivity index (χ0n) is 14.1. The summed E-state index contributed by atoms with van der Waals surface area (Å²) in [6.45, 7) is 2.76. The first-order valence-electron chi connectivity index (χ1n) is 7.91. The molecule has 4 nitrogen and oxygen atoms in total. The van der Waals surface area contributed by atoms with Gasteiger partial charge in [0, 0.05) is 17.5 Å². The first kappa shape index (κ1) is 16.6. The number of benzene rings is 1. The van der Waals surface area contributed by atoms with Gasteiger partial charge >= 0.3 is 0 Å². The summed E-state index contributed by atoms with van der Waals surface area (Å²) in [7, 11) is 3.27. The van der Waals surface area contributed by atoms with Crippen molar-refractivity contribution in [1.82, 2.24) is 4.90 Å². The van der Waals surface area contributed by atoms with Crippen LogP contribution in [0.5, 0.6) is 11.5 Å². The number of nitrogens with zero attached hydrogens (tertiary/aromatic N) is 1. The van der Waals surface area contributed by atoms with Gasteiger partial charge in [-0.25, -0.2) is 0 Å². The number of amides is 1. The number of hydrogen-bond acceptors (Lipinski definition) is 4. The van der Waals surface area contributed by atoms with Crippen LogP contribution in [-0.2, 0) is 11.2 Å². The Bertz CT molecular complexity index is 752. The summed E-state index contributed by atoms with van der Waals surface area (Å²) in [6, 6.07) is 8.00. The van der Waals surface area contributed by atoms with Crippen LogP contribution in [0.3, 0.4) is 0 Å². The number of carbonyl (C=O) groups excluding carboxylic acids is 1. The molecule has 0 radical (unpaired) electrons. The monoisotopic (exact) mass is 343 g/mol. The Hall–Kier alpha value is -2.27. The highest BCUT2D eigenvalue weighted by molar-refractivity contribution is 7.10. The lowest BCUT2D eigenvalue weighted by Crippen LogP contribution is -2.37. The van der Waals surface area contributed by atoms with Crippen LogP contribution in [0.4, 0.5) is 0 Å². The molecule has 1 aromatic heterocycles. The van der Waals surface area contributed by atoms with Gasteiger partial charge in [0.1, 0.15) is 0 Å². The van der Waals surface area contributed by atoms with Crippen molar-refractivity contribution < 1.29 is 14.3 Å². The Morgan fingerprint density at radius 2 is 2.04 bits per heavy atom. The van der Waals surface area contributed by atoms with Gasteiger partial charge in [-0.15, -0.1) is 11.3 Å². The molecule has 126 valence electrons. The second kappa shape index (κ2) is 7.09. The predicted octanol–water partition coefficient (Wildman–Crippen LogP) is 3.92. The molecule has 2 heterocycles. The van der Waals surface area contributed by atoms with Crippen LogP contribution in [0.2, 0.25) is 0 Å². The molecule has 3 rings (SSSR count). The van der Waals surface area contributed by atoms with Crippen molar-refractivity contribution in [2.24, 2.45) is 0 Å². The number of rotatable bonds is 4. The summed E-state index contributed by atoms with van der Waals surface area (Å²) in [6.07, 6.45) is 4.36. The van der Waals surface area contributed by atoms with Gasteiger partial charge in [-0.05, 0) is 54.1 Å². The molecule has 2 aromatic rings. The summed E-state index contributed by atoms with van der Waals surface area (Å²) >= 11 is 1.62. The smallest absolute Gasteiger partial charge is 0.247 e. The molecule has 0 spiro atoms. The first-order chi connectivity index (χ1) is 11.6. The molecule has 1 amide bonds. The Kier molecular flexibility index (Phi) is 4.90. The summed E-state index contributed by atoms with van der Waals surface area (Å²) in [5.41, 5.74) is 2.34. The summed E-state index contributed by atoms with van der Waals surface area (Å²) in [5, 5.41) is 2.00. The van der Waals surface area contributed by atoms with Crippen LogP contribution < -0.4 is 9.47 Å². The van der Waals surface area contributed by atoms with Gasteiger partial charge in [-0.2, -0.15) is 0 Å². The van der Waals surface area contributed by atoms with Crippen LogP contribution in [0.1, 0.15) is 29.0 Å². The minimum Gasteiger partial charge on any atom is -0.493 e. The van der Waals surface area contributed by atoms with E-state index >= 15 is 0 Å². The quantitative estimate of drug-likeness (QED) is 0.790. The summed E-state index contributed by atoms with van der Waals surface area (Å²) in [5.74, 6) is 1.48. The predicted molar refractivity (Wildman–Crippen MR) is 96.7 cm³/mol. The molecule has 0 N–H and O–H groups in total. The molecule has 24 heavy (non-hydrogen) atoms. The second-order valence-corrected chi connectivity index (χ2v) is 6.69. The van der Waals surface area contributed by atoms with Gasteiger partial charge in [0.05, 0.1) is 20.3 Å². The Balaban J connectivity index is 1.83. The van der Waals surface area contributed by atoms with E-state index in [0.29, 0.717) is 12.3 Å². The molecule has 0 saturated heterocycles. The van der Waals surface area contributed by atoms with E-state index in [1.165, 1.54) is 5.56 Å². The maximum absolute atomic E-state index is 12.6. The standard InChI is InChI=1S/C19H21NO3S/c1-13-16-12-18(23-3)17(22-2)11-14(16)8-9-20(13)19(21)7-6-15-5-4-10-24-15/h4-7,10-13H,8-9H2,1-3H3.